The number of rotatable bonds is 2. The molecule has 2 rings (SSSR count). The molecule has 0 saturated carbocycles. The summed E-state index contributed by atoms with van der Waals surface area (Å²) in [5, 5.41) is 0. The molecule has 1 amide bonds. The number of benzene rings is 1. The number of halogens is 3. The van der Waals surface area contributed by atoms with Crippen LogP contribution in [0.5, 0.6) is 0 Å². The first kappa shape index (κ1) is 15.7. The largest absolute Gasteiger partial charge is 0.418 e. The van der Waals surface area contributed by atoms with Gasteiger partial charge in [-0.15, -0.1) is 0 Å². The summed E-state index contributed by atoms with van der Waals surface area (Å²) in [6.45, 7) is 3.26. The average molecular weight is 300 g/mol. The van der Waals surface area contributed by atoms with Crippen LogP contribution < -0.4 is 5.73 Å². The van der Waals surface area contributed by atoms with Gasteiger partial charge in [-0.25, -0.2) is 0 Å². The van der Waals surface area contributed by atoms with E-state index in [1.807, 2.05) is 0 Å². The van der Waals surface area contributed by atoms with Crippen molar-refractivity contribution in [3.05, 3.63) is 29.3 Å². The lowest BCUT2D eigenvalue weighted by Gasteiger charge is -2.32. The summed E-state index contributed by atoms with van der Waals surface area (Å²) in [7, 11) is 0. The van der Waals surface area contributed by atoms with Gasteiger partial charge >= 0.3 is 6.18 Å². The number of amides is 1. The number of likely N-dealkylation sites (tertiary alicyclic amines) is 1. The highest BCUT2D eigenvalue weighted by Gasteiger charge is 2.35. The zero-order chi connectivity index (χ0) is 15.6. The summed E-state index contributed by atoms with van der Waals surface area (Å²) in [6.07, 6.45) is -1.70. The molecule has 3 nitrogen and oxygen atoms in total. The minimum Gasteiger partial charge on any atom is -0.398 e. The minimum atomic E-state index is -4.55. The van der Waals surface area contributed by atoms with Crippen molar-refractivity contribution in [2.75, 3.05) is 18.8 Å². The molecule has 1 aliphatic rings. The van der Waals surface area contributed by atoms with Crippen LogP contribution in [0.1, 0.15) is 42.1 Å². The standard InChI is InChI=1S/C15H19F3N2O/c1-2-10-6-8-20(9-7-10)14(21)11-4-3-5-12(13(11)19)15(16,17)18/h3-5,10H,2,6-9,19H2,1H3. The Labute approximate surface area is 121 Å². The van der Waals surface area contributed by atoms with Crippen LogP contribution in [0.4, 0.5) is 18.9 Å². The van der Waals surface area contributed by atoms with Gasteiger partial charge in [-0.05, 0) is 30.9 Å². The fourth-order valence-electron chi connectivity index (χ4n) is 2.71. The lowest BCUT2D eigenvalue weighted by molar-refractivity contribution is -0.136. The number of hydrogen-bond acceptors (Lipinski definition) is 2. The number of hydrogen-bond donors (Lipinski definition) is 1. The van der Waals surface area contributed by atoms with Crippen molar-refractivity contribution >= 4 is 11.6 Å². The molecule has 0 spiro atoms. The summed E-state index contributed by atoms with van der Waals surface area (Å²) < 4.78 is 38.5. The van der Waals surface area contributed by atoms with E-state index < -0.39 is 23.3 Å². The van der Waals surface area contributed by atoms with Crippen LogP contribution >= 0.6 is 0 Å². The number of carbonyl (C=O) groups is 1. The molecule has 1 fully saturated rings. The van der Waals surface area contributed by atoms with E-state index in [2.05, 4.69) is 6.92 Å². The average Bonchev–Trinajstić information content (AvgIpc) is 2.45. The predicted molar refractivity (Wildman–Crippen MR) is 74.8 cm³/mol. The first-order valence-electron chi connectivity index (χ1n) is 7.09. The molecule has 0 atom stereocenters. The Kier molecular flexibility index (Phi) is 4.44. The number of nitrogens with zero attached hydrogens (tertiary/aromatic N) is 1. The van der Waals surface area contributed by atoms with Crippen LogP contribution in [-0.2, 0) is 6.18 Å². The van der Waals surface area contributed by atoms with Crippen LogP contribution in [0.25, 0.3) is 0 Å². The van der Waals surface area contributed by atoms with Crippen molar-refractivity contribution in [3.8, 4) is 0 Å². The fourth-order valence-corrected chi connectivity index (χ4v) is 2.71. The lowest BCUT2D eigenvalue weighted by atomic mass is 9.94. The van der Waals surface area contributed by atoms with Crippen molar-refractivity contribution in [2.45, 2.75) is 32.4 Å². The van der Waals surface area contributed by atoms with Crippen molar-refractivity contribution in [2.24, 2.45) is 5.92 Å². The normalized spacial score (nSPS) is 17.0. The van der Waals surface area contributed by atoms with Gasteiger partial charge in [-0.2, -0.15) is 13.2 Å². The van der Waals surface area contributed by atoms with E-state index in [-0.39, 0.29) is 5.56 Å². The Morgan fingerprint density at radius 3 is 2.48 bits per heavy atom. The fraction of sp³-hybridized carbons (Fsp3) is 0.533. The molecular weight excluding hydrogens is 281 g/mol. The van der Waals surface area contributed by atoms with Gasteiger partial charge in [0.05, 0.1) is 16.8 Å². The maximum Gasteiger partial charge on any atom is 0.418 e. The second kappa shape index (κ2) is 5.95. The SMILES string of the molecule is CCC1CCN(C(=O)c2cccc(C(F)(F)F)c2N)CC1. The molecule has 0 bridgehead atoms. The maximum absolute atomic E-state index is 12.8. The van der Waals surface area contributed by atoms with Crippen molar-refractivity contribution < 1.29 is 18.0 Å². The van der Waals surface area contributed by atoms with Crippen LogP contribution in [0.15, 0.2) is 18.2 Å². The number of piperidine rings is 1. The molecule has 21 heavy (non-hydrogen) atoms. The summed E-state index contributed by atoms with van der Waals surface area (Å²) >= 11 is 0. The van der Waals surface area contributed by atoms with E-state index in [1.165, 1.54) is 12.1 Å². The second-order valence-electron chi connectivity index (χ2n) is 5.41. The maximum atomic E-state index is 12.8. The van der Waals surface area contributed by atoms with Gasteiger partial charge in [0.25, 0.3) is 5.91 Å². The Bertz CT molecular complexity index is 520. The van der Waals surface area contributed by atoms with Gasteiger partial charge in [0.15, 0.2) is 0 Å². The highest BCUT2D eigenvalue weighted by Crippen LogP contribution is 2.35. The number of carbonyl (C=O) groups excluding carboxylic acids is 1. The third-order valence-electron chi connectivity index (χ3n) is 4.12. The summed E-state index contributed by atoms with van der Waals surface area (Å²) in [5.74, 6) is 0.182. The molecule has 0 aliphatic carbocycles. The molecule has 2 N–H and O–H groups in total. The molecular formula is C15H19F3N2O. The van der Waals surface area contributed by atoms with E-state index in [9.17, 15) is 18.0 Å². The van der Waals surface area contributed by atoms with Crippen molar-refractivity contribution in [1.29, 1.82) is 0 Å². The number of para-hydroxylation sites is 1. The molecule has 1 aromatic carbocycles. The van der Waals surface area contributed by atoms with E-state index in [4.69, 9.17) is 5.73 Å². The van der Waals surface area contributed by atoms with E-state index in [0.29, 0.717) is 19.0 Å². The Morgan fingerprint density at radius 1 is 1.33 bits per heavy atom. The molecule has 1 aliphatic heterocycles. The molecule has 0 aromatic heterocycles. The van der Waals surface area contributed by atoms with E-state index in [1.54, 1.807) is 4.90 Å². The van der Waals surface area contributed by atoms with Crippen molar-refractivity contribution in [1.82, 2.24) is 4.90 Å². The Hall–Kier alpha value is -1.72. The third-order valence-corrected chi connectivity index (χ3v) is 4.12. The van der Waals surface area contributed by atoms with Gasteiger partial charge in [0.1, 0.15) is 0 Å². The smallest absolute Gasteiger partial charge is 0.398 e. The second-order valence-corrected chi connectivity index (χ2v) is 5.41. The van der Waals surface area contributed by atoms with E-state index in [0.717, 1.165) is 25.3 Å². The molecule has 0 radical (unpaired) electrons. The summed E-state index contributed by atoms with van der Waals surface area (Å²) in [4.78, 5) is 14.0. The van der Waals surface area contributed by atoms with Crippen LogP contribution in [0.2, 0.25) is 0 Å². The van der Waals surface area contributed by atoms with Crippen LogP contribution in [-0.4, -0.2) is 23.9 Å². The van der Waals surface area contributed by atoms with Crippen molar-refractivity contribution in [3.63, 3.8) is 0 Å². The van der Waals surface area contributed by atoms with Gasteiger partial charge in [0, 0.05) is 13.1 Å². The molecule has 1 aromatic rings. The van der Waals surface area contributed by atoms with Gasteiger partial charge in [-0.1, -0.05) is 19.4 Å². The zero-order valence-corrected chi connectivity index (χ0v) is 11.9. The Balaban J connectivity index is 2.21. The number of alkyl halides is 3. The predicted octanol–water partition coefficient (Wildman–Crippen LogP) is 3.55. The third kappa shape index (κ3) is 3.31. The quantitative estimate of drug-likeness (QED) is 0.849. The highest BCUT2D eigenvalue weighted by molar-refractivity contribution is 5.99. The number of nitrogen functional groups attached to an aromatic ring is 1. The number of anilines is 1. The topological polar surface area (TPSA) is 46.3 Å². The Morgan fingerprint density at radius 2 is 1.95 bits per heavy atom. The first-order chi connectivity index (χ1) is 9.84. The zero-order valence-electron chi connectivity index (χ0n) is 11.9. The molecule has 1 heterocycles. The van der Waals surface area contributed by atoms with Gasteiger partial charge in [0.2, 0.25) is 0 Å². The van der Waals surface area contributed by atoms with Crippen LogP contribution in [0, 0.1) is 5.92 Å². The molecule has 1 saturated heterocycles. The highest BCUT2D eigenvalue weighted by atomic mass is 19.4. The van der Waals surface area contributed by atoms with Gasteiger partial charge < -0.3 is 10.6 Å². The molecule has 0 unspecified atom stereocenters. The van der Waals surface area contributed by atoms with Crippen LogP contribution in [0.3, 0.4) is 0 Å². The van der Waals surface area contributed by atoms with E-state index >= 15 is 0 Å². The minimum absolute atomic E-state index is 0.0558. The summed E-state index contributed by atoms with van der Waals surface area (Å²) in [6, 6.07) is 3.49. The molecule has 6 heteroatoms. The monoisotopic (exact) mass is 300 g/mol. The molecule has 116 valence electrons. The van der Waals surface area contributed by atoms with Gasteiger partial charge in [-0.3, -0.25) is 4.79 Å². The number of nitrogens with two attached hydrogens (primary N) is 1. The first-order valence-corrected chi connectivity index (χ1v) is 7.09. The summed E-state index contributed by atoms with van der Waals surface area (Å²) in [5.41, 5.74) is 4.08. The lowest BCUT2D eigenvalue weighted by Crippen LogP contribution is -2.38.